The number of pyridine rings is 2. The third-order valence-electron chi connectivity index (χ3n) is 3.86. The van der Waals surface area contributed by atoms with E-state index in [1.54, 1.807) is 0 Å². The molecule has 2 aromatic rings. The second-order valence-corrected chi connectivity index (χ2v) is 4.95. The van der Waals surface area contributed by atoms with Gasteiger partial charge in [0.1, 0.15) is 0 Å². The smallest absolute Gasteiger partial charge is 0.0485 e. The summed E-state index contributed by atoms with van der Waals surface area (Å²) in [6.45, 7) is 2.07. The molecule has 0 saturated carbocycles. The monoisotopic (exact) mass is 239 g/mol. The van der Waals surface area contributed by atoms with Crippen LogP contribution in [0.25, 0.3) is 0 Å². The van der Waals surface area contributed by atoms with E-state index in [0.29, 0.717) is 5.92 Å². The molecule has 0 fully saturated rings. The molecule has 0 bridgehead atoms. The molecule has 0 aliphatic heterocycles. The zero-order valence-corrected chi connectivity index (χ0v) is 10.5. The Hall–Kier alpha value is -1.74. The van der Waals surface area contributed by atoms with Gasteiger partial charge in [-0.1, -0.05) is 6.07 Å². The second-order valence-electron chi connectivity index (χ2n) is 4.95. The number of aromatic nitrogens is 2. The molecule has 0 spiro atoms. The van der Waals surface area contributed by atoms with E-state index in [9.17, 15) is 0 Å². The first-order valence-corrected chi connectivity index (χ1v) is 6.37. The summed E-state index contributed by atoms with van der Waals surface area (Å²) < 4.78 is 0. The standard InChI is InChI=1S/C15H17N3/c1-10-9-17-8-6-12(10)14(16)13-5-4-11-3-2-7-18-15(11)13/h2-3,6-9,13-14H,4-5,16H2,1H3. The quantitative estimate of drug-likeness (QED) is 0.876. The van der Waals surface area contributed by atoms with Crippen molar-refractivity contribution in [3.63, 3.8) is 0 Å². The summed E-state index contributed by atoms with van der Waals surface area (Å²) in [4.78, 5) is 8.65. The Bertz CT molecular complexity index is 565. The van der Waals surface area contributed by atoms with Crippen molar-refractivity contribution in [3.05, 3.63) is 59.2 Å². The molecule has 3 nitrogen and oxygen atoms in total. The Morgan fingerprint density at radius 2 is 2.22 bits per heavy atom. The number of nitrogens with two attached hydrogens (primary N) is 1. The third-order valence-corrected chi connectivity index (χ3v) is 3.86. The van der Waals surface area contributed by atoms with E-state index in [4.69, 9.17) is 5.73 Å². The molecule has 2 N–H and O–H groups in total. The Kier molecular flexibility index (Phi) is 2.84. The van der Waals surface area contributed by atoms with Crippen molar-refractivity contribution in [1.29, 1.82) is 0 Å². The van der Waals surface area contributed by atoms with Gasteiger partial charge in [0.2, 0.25) is 0 Å². The highest BCUT2D eigenvalue weighted by atomic mass is 14.8. The minimum Gasteiger partial charge on any atom is -0.323 e. The maximum Gasteiger partial charge on any atom is 0.0485 e. The molecule has 0 radical (unpaired) electrons. The minimum atomic E-state index is 0.0177. The Labute approximate surface area is 107 Å². The van der Waals surface area contributed by atoms with Crippen LogP contribution in [-0.2, 0) is 6.42 Å². The van der Waals surface area contributed by atoms with Crippen LogP contribution in [0.3, 0.4) is 0 Å². The van der Waals surface area contributed by atoms with Crippen molar-refractivity contribution in [3.8, 4) is 0 Å². The highest BCUT2D eigenvalue weighted by Gasteiger charge is 2.30. The molecular formula is C15H17N3. The van der Waals surface area contributed by atoms with Gasteiger partial charge in [0.15, 0.2) is 0 Å². The van der Waals surface area contributed by atoms with Gasteiger partial charge in [-0.25, -0.2) is 0 Å². The van der Waals surface area contributed by atoms with Gasteiger partial charge in [0.25, 0.3) is 0 Å². The summed E-state index contributed by atoms with van der Waals surface area (Å²) in [7, 11) is 0. The van der Waals surface area contributed by atoms with E-state index < -0.39 is 0 Å². The first kappa shape index (κ1) is 11.4. The van der Waals surface area contributed by atoms with Gasteiger partial charge in [-0.05, 0) is 48.6 Å². The number of hydrogen-bond donors (Lipinski definition) is 1. The molecule has 2 heterocycles. The van der Waals surface area contributed by atoms with Crippen molar-refractivity contribution in [2.45, 2.75) is 31.7 Å². The normalized spacial score (nSPS) is 19.6. The summed E-state index contributed by atoms with van der Waals surface area (Å²) in [5.41, 5.74) is 11.3. The lowest BCUT2D eigenvalue weighted by molar-refractivity contribution is 0.538. The number of aryl methyl sites for hydroxylation is 2. The molecule has 3 heteroatoms. The Morgan fingerprint density at radius 1 is 1.33 bits per heavy atom. The molecule has 2 aromatic heterocycles. The van der Waals surface area contributed by atoms with Crippen molar-refractivity contribution in [2.75, 3.05) is 0 Å². The summed E-state index contributed by atoms with van der Waals surface area (Å²) >= 11 is 0. The lowest BCUT2D eigenvalue weighted by Gasteiger charge is -2.21. The van der Waals surface area contributed by atoms with E-state index in [1.165, 1.54) is 16.8 Å². The van der Waals surface area contributed by atoms with Crippen LogP contribution in [0.2, 0.25) is 0 Å². The predicted octanol–water partition coefficient (Wildman–Crippen LogP) is 2.51. The maximum atomic E-state index is 6.45. The van der Waals surface area contributed by atoms with E-state index in [-0.39, 0.29) is 6.04 Å². The van der Waals surface area contributed by atoms with Crippen LogP contribution in [0.5, 0.6) is 0 Å². The van der Waals surface area contributed by atoms with Gasteiger partial charge in [-0.15, -0.1) is 0 Å². The molecule has 2 unspecified atom stereocenters. The largest absolute Gasteiger partial charge is 0.323 e. The molecule has 3 rings (SSSR count). The van der Waals surface area contributed by atoms with Crippen LogP contribution in [0.15, 0.2) is 36.8 Å². The zero-order chi connectivity index (χ0) is 12.5. The second kappa shape index (κ2) is 4.50. The molecular weight excluding hydrogens is 222 g/mol. The summed E-state index contributed by atoms with van der Waals surface area (Å²) in [6.07, 6.45) is 7.74. The number of hydrogen-bond acceptors (Lipinski definition) is 3. The average molecular weight is 239 g/mol. The van der Waals surface area contributed by atoms with Crippen LogP contribution < -0.4 is 5.73 Å². The first-order chi connectivity index (χ1) is 8.77. The summed E-state index contributed by atoms with van der Waals surface area (Å²) in [5, 5.41) is 0. The highest BCUT2D eigenvalue weighted by molar-refractivity contribution is 5.35. The fourth-order valence-corrected chi connectivity index (χ4v) is 2.87. The highest BCUT2D eigenvalue weighted by Crippen LogP contribution is 2.39. The Balaban J connectivity index is 1.96. The van der Waals surface area contributed by atoms with Crippen molar-refractivity contribution >= 4 is 0 Å². The predicted molar refractivity (Wildman–Crippen MR) is 71.2 cm³/mol. The lowest BCUT2D eigenvalue weighted by Crippen LogP contribution is -2.20. The van der Waals surface area contributed by atoms with E-state index >= 15 is 0 Å². The average Bonchev–Trinajstić information content (AvgIpc) is 2.82. The zero-order valence-electron chi connectivity index (χ0n) is 10.5. The van der Waals surface area contributed by atoms with E-state index in [0.717, 1.165) is 18.4 Å². The van der Waals surface area contributed by atoms with Crippen molar-refractivity contribution in [2.24, 2.45) is 5.73 Å². The molecule has 92 valence electrons. The number of fused-ring (bicyclic) bond motifs is 1. The molecule has 0 amide bonds. The van der Waals surface area contributed by atoms with Gasteiger partial charge in [0, 0.05) is 36.2 Å². The lowest BCUT2D eigenvalue weighted by atomic mass is 9.90. The van der Waals surface area contributed by atoms with Crippen molar-refractivity contribution < 1.29 is 0 Å². The van der Waals surface area contributed by atoms with Crippen LogP contribution in [0.4, 0.5) is 0 Å². The van der Waals surface area contributed by atoms with Crippen LogP contribution >= 0.6 is 0 Å². The van der Waals surface area contributed by atoms with Crippen molar-refractivity contribution in [1.82, 2.24) is 9.97 Å². The van der Waals surface area contributed by atoms with Gasteiger partial charge in [0.05, 0.1) is 0 Å². The van der Waals surface area contributed by atoms with Crippen LogP contribution in [-0.4, -0.2) is 9.97 Å². The maximum absolute atomic E-state index is 6.45. The van der Waals surface area contributed by atoms with Crippen LogP contribution in [0, 0.1) is 6.92 Å². The fraction of sp³-hybridized carbons (Fsp3) is 0.333. The summed E-state index contributed by atoms with van der Waals surface area (Å²) in [6, 6.07) is 6.21. The van der Waals surface area contributed by atoms with E-state index in [1.807, 2.05) is 30.7 Å². The van der Waals surface area contributed by atoms with E-state index in [2.05, 4.69) is 23.0 Å². The molecule has 1 aliphatic carbocycles. The fourth-order valence-electron chi connectivity index (χ4n) is 2.87. The molecule has 0 aromatic carbocycles. The molecule has 18 heavy (non-hydrogen) atoms. The molecule has 0 saturated heterocycles. The minimum absolute atomic E-state index is 0.0177. The topological polar surface area (TPSA) is 51.8 Å². The van der Waals surface area contributed by atoms with Gasteiger partial charge in [-0.3, -0.25) is 9.97 Å². The Morgan fingerprint density at radius 3 is 3.06 bits per heavy atom. The molecule has 2 atom stereocenters. The number of nitrogens with zero attached hydrogens (tertiary/aromatic N) is 2. The third kappa shape index (κ3) is 1.81. The molecule has 1 aliphatic rings. The van der Waals surface area contributed by atoms with Crippen LogP contribution in [0.1, 0.15) is 40.8 Å². The van der Waals surface area contributed by atoms with Gasteiger partial charge >= 0.3 is 0 Å². The summed E-state index contributed by atoms with van der Waals surface area (Å²) in [5.74, 6) is 0.335. The first-order valence-electron chi connectivity index (χ1n) is 6.37. The van der Waals surface area contributed by atoms with Gasteiger partial charge in [-0.2, -0.15) is 0 Å². The SMILES string of the molecule is Cc1cnccc1C(N)C1CCc2cccnc21. The number of rotatable bonds is 2. The van der Waals surface area contributed by atoms with Gasteiger partial charge < -0.3 is 5.73 Å².